The van der Waals surface area contributed by atoms with Gasteiger partial charge in [0.05, 0.1) is 0 Å². The SMILES string of the molecule is CCC(C)CN(C)Cc1ccc(NN)nc1. The minimum atomic E-state index is 0.702. The predicted octanol–water partition coefficient (Wildman–Crippen LogP) is 1.85. The largest absolute Gasteiger partial charge is 0.308 e. The van der Waals surface area contributed by atoms with E-state index in [1.165, 1.54) is 12.0 Å². The summed E-state index contributed by atoms with van der Waals surface area (Å²) in [5.74, 6) is 6.70. The van der Waals surface area contributed by atoms with Gasteiger partial charge in [0, 0.05) is 19.3 Å². The lowest BCUT2D eigenvalue weighted by molar-refractivity contribution is 0.275. The molecule has 0 aromatic carbocycles. The molecule has 4 nitrogen and oxygen atoms in total. The van der Waals surface area contributed by atoms with Crippen LogP contribution in [0.5, 0.6) is 0 Å². The second-order valence-electron chi connectivity index (χ2n) is 4.41. The van der Waals surface area contributed by atoms with E-state index < -0.39 is 0 Å². The average Bonchev–Trinajstić information content (AvgIpc) is 2.29. The van der Waals surface area contributed by atoms with Gasteiger partial charge in [0.2, 0.25) is 0 Å². The highest BCUT2D eigenvalue weighted by Crippen LogP contribution is 2.08. The van der Waals surface area contributed by atoms with Gasteiger partial charge in [-0.15, -0.1) is 0 Å². The number of hydrogen-bond acceptors (Lipinski definition) is 4. The van der Waals surface area contributed by atoms with Crippen LogP contribution in [0.25, 0.3) is 0 Å². The van der Waals surface area contributed by atoms with Crippen molar-refractivity contribution in [1.82, 2.24) is 9.88 Å². The number of hydrazine groups is 1. The number of nitrogens with zero attached hydrogens (tertiary/aromatic N) is 2. The third-order valence-corrected chi connectivity index (χ3v) is 2.75. The Morgan fingerprint density at radius 1 is 1.50 bits per heavy atom. The van der Waals surface area contributed by atoms with Gasteiger partial charge in [0.25, 0.3) is 0 Å². The number of anilines is 1. The van der Waals surface area contributed by atoms with E-state index in [1.54, 1.807) is 0 Å². The predicted molar refractivity (Wildman–Crippen MR) is 67.8 cm³/mol. The van der Waals surface area contributed by atoms with Crippen LogP contribution in [0, 0.1) is 5.92 Å². The van der Waals surface area contributed by atoms with Crippen LogP contribution in [-0.2, 0) is 6.54 Å². The molecule has 1 atom stereocenters. The maximum Gasteiger partial charge on any atom is 0.139 e. The van der Waals surface area contributed by atoms with Crippen LogP contribution in [-0.4, -0.2) is 23.5 Å². The summed E-state index contributed by atoms with van der Waals surface area (Å²) < 4.78 is 0. The lowest BCUT2D eigenvalue weighted by Crippen LogP contribution is -2.23. The summed E-state index contributed by atoms with van der Waals surface area (Å²) in [7, 11) is 2.14. The molecule has 3 N–H and O–H groups in total. The van der Waals surface area contributed by atoms with E-state index in [-0.39, 0.29) is 0 Å². The summed E-state index contributed by atoms with van der Waals surface area (Å²) in [5.41, 5.74) is 3.74. The molecule has 0 aliphatic carbocycles. The summed E-state index contributed by atoms with van der Waals surface area (Å²) in [5, 5.41) is 0. The molecule has 0 aliphatic heterocycles. The van der Waals surface area contributed by atoms with E-state index in [9.17, 15) is 0 Å². The standard InChI is InChI=1S/C12H22N4/c1-4-10(2)8-16(3)9-11-5-6-12(15-13)14-7-11/h5-7,10H,4,8-9,13H2,1-3H3,(H,14,15). The molecule has 90 valence electrons. The number of nitrogens with one attached hydrogen (secondary N) is 1. The minimum Gasteiger partial charge on any atom is -0.308 e. The van der Waals surface area contributed by atoms with E-state index in [2.05, 4.69) is 42.3 Å². The van der Waals surface area contributed by atoms with Crippen molar-refractivity contribution >= 4 is 5.82 Å². The molecule has 1 aromatic rings. The molecule has 16 heavy (non-hydrogen) atoms. The normalized spacial score (nSPS) is 12.8. The van der Waals surface area contributed by atoms with Crippen molar-refractivity contribution in [3.8, 4) is 0 Å². The third-order valence-electron chi connectivity index (χ3n) is 2.75. The van der Waals surface area contributed by atoms with Crippen molar-refractivity contribution in [2.45, 2.75) is 26.8 Å². The van der Waals surface area contributed by atoms with E-state index in [0.717, 1.165) is 19.0 Å². The highest BCUT2D eigenvalue weighted by molar-refractivity contribution is 5.33. The lowest BCUT2D eigenvalue weighted by atomic mass is 10.1. The van der Waals surface area contributed by atoms with Crippen LogP contribution < -0.4 is 11.3 Å². The van der Waals surface area contributed by atoms with Crippen molar-refractivity contribution in [2.75, 3.05) is 19.0 Å². The first kappa shape index (κ1) is 12.9. The number of hydrogen-bond donors (Lipinski definition) is 2. The number of pyridine rings is 1. The van der Waals surface area contributed by atoms with E-state index in [0.29, 0.717) is 5.82 Å². The monoisotopic (exact) mass is 222 g/mol. The zero-order valence-corrected chi connectivity index (χ0v) is 10.4. The first-order valence-electron chi connectivity index (χ1n) is 5.75. The zero-order chi connectivity index (χ0) is 12.0. The third kappa shape index (κ3) is 4.16. The molecule has 0 bridgehead atoms. The number of aromatic nitrogens is 1. The molecule has 1 heterocycles. The maximum absolute atomic E-state index is 5.26. The van der Waals surface area contributed by atoms with Gasteiger partial charge >= 0.3 is 0 Å². The van der Waals surface area contributed by atoms with Gasteiger partial charge in [-0.05, 0) is 24.6 Å². The van der Waals surface area contributed by atoms with Gasteiger partial charge in [0.1, 0.15) is 5.82 Å². The molecule has 1 rings (SSSR count). The number of nitrogens with two attached hydrogens (primary N) is 1. The highest BCUT2D eigenvalue weighted by Gasteiger charge is 2.05. The van der Waals surface area contributed by atoms with E-state index >= 15 is 0 Å². The van der Waals surface area contributed by atoms with Gasteiger partial charge in [-0.1, -0.05) is 26.3 Å². The second-order valence-corrected chi connectivity index (χ2v) is 4.41. The Hall–Kier alpha value is -1.13. The van der Waals surface area contributed by atoms with Crippen LogP contribution in [0.1, 0.15) is 25.8 Å². The lowest BCUT2D eigenvalue weighted by Gasteiger charge is -2.20. The van der Waals surface area contributed by atoms with Crippen molar-refractivity contribution in [3.05, 3.63) is 23.9 Å². The smallest absolute Gasteiger partial charge is 0.139 e. The Morgan fingerprint density at radius 3 is 2.75 bits per heavy atom. The second kappa shape index (κ2) is 6.45. The van der Waals surface area contributed by atoms with Crippen molar-refractivity contribution < 1.29 is 0 Å². The molecule has 0 spiro atoms. The first-order chi connectivity index (χ1) is 7.65. The fourth-order valence-electron chi connectivity index (χ4n) is 1.64. The highest BCUT2D eigenvalue weighted by atomic mass is 15.2. The molecule has 0 aliphatic rings. The van der Waals surface area contributed by atoms with Crippen LogP contribution in [0.3, 0.4) is 0 Å². The topological polar surface area (TPSA) is 54.2 Å². The zero-order valence-electron chi connectivity index (χ0n) is 10.4. The van der Waals surface area contributed by atoms with Crippen LogP contribution in [0.2, 0.25) is 0 Å². The van der Waals surface area contributed by atoms with Gasteiger partial charge < -0.3 is 10.3 Å². The quantitative estimate of drug-likeness (QED) is 0.569. The Labute approximate surface area is 97.8 Å². The van der Waals surface area contributed by atoms with Crippen molar-refractivity contribution in [3.63, 3.8) is 0 Å². The molecular weight excluding hydrogens is 200 g/mol. The Morgan fingerprint density at radius 2 is 2.25 bits per heavy atom. The number of nitrogen functional groups attached to an aromatic ring is 1. The molecule has 1 unspecified atom stereocenters. The maximum atomic E-state index is 5.26. The molecule has 0 amide bonds. The molecule has 0 saturated heterocycles. The minimum absolute atomic E-state index is 0.702. The van der Waals surface area contributed by atoms with E-state index in [1.807, 2.05) is 12.3 Å². The molecular formula is C12H22N4. The molecule has 1 aromatic heterocycles. The van der Waals surface area contributed by atoms with Crippen LogP contribution in [0.4, 0.5) is 5.82 Å². The molecule has 4 heteroatoms. The Bertz CT molecular complexity index is 296. The summed E-state index contributed by atoms with van der Waals surface area (Å²) in [6.45, 7) is 6.55. The van der Waals surface area contributed by atoms with Crippen molar-refractivity contribution in [2.24, 2.45) is 11.8 Å². The summed E-state index contributed by atoms with van der Waals surface area (Å²) in [4.78, 5) is 6.51. The van der Waals surface area contributed by atoms with Gasteiger partial charge in [-0.3, -0.25) is 0 Å². The molecule has 0 fully saturated rings. The van der Waals surface area contributed by atoms with Gasteiger partial charge in [-0.25, -0.2) is 10.8 Å². The van der Waals surface area contributed by atoms with Crippen LogP contribution in [0.15, 0.2) is 18.3 Å². The summed E-state index contributed by atoms with van der Waals surface area (Å²) >= 11 is 0. The Balaban J connectivity index is 2.46. The van der Waals surface area contributed by atoms with Crippen molar-refractivity contribution in [1.29, 1.82) is 0 Å². The molecule has 0 saturated carbocycles. The van der Waals surface area contributed by atoms with Gasteiger partial charge in [0.15, 0.2) is 0 Å². The van der Waals surface area contributed by atoms with Gasteiger partial charge in [-0.2, -0.15) is 0 Å². The van der Waals surface area contributed by atoms with E-state index in [4.69, 9.17) is 5.84 Å². The average molecular weight is 222 g/mol. The summed E-state index contributed by atoms with van der Waals surface area (Å²) in [6.07, 6.45) is 3.08. The van der Waals surface area contributed by atoms with Crippen LogP contribution >= 0.6 is 0 Å². The number of rotatable bonds is 6. The fourth-order valence-corrected chi connectivity index (χ4v) is 1.64. The summed E-state index contributed by atoms with van der Waals surface area (Å²) in [6, 6.07) is 3.95. The Kier molecular flexibility index (Phi) is 5.22. The first-order valence-corrected chi connectivity index (χ1v) is 5.75. The fraction of sp³-hybridized carbons (Fsp3) is 0.583. The molecule has 0 radical (unpaired) electrons.